The standard InChI is InChI=1S/C48H56N10O6/c49-44-43-38(32-12-18-36(19-13-32)64-35-7-2-1-3-8-35)30-57(45(43)54-31-53-44)34-16-14-33(15-17-34)56-24-22-55(23-25-56)26-28-63-27-6-21-50-41(59)29-52-39-10-4-9-37-42(39)48(62)58(47(37)61)40-11-5-20-51-46(40)60/h1-4,7-10,12-13,18-19,30-31,33-34,40,52H,5-6,11,14-17,20-29H2,(H,50,59)(H,51,60)(H2,49,53,54). The first-order chi connectivity index (χ1) is 31.3. The molecule has 5 aromatic rings. The maximum Gasteiger partial charge on any atom is 0.264 e. The Labute approximate surface area is 372 Å². The molecule has 5 heterocycles. The van der Waals surface area contributed by atoms with Crippen LogP contribution in [0, 0.1) is 0 Å². The van der Waals surface area contributed by atoms with Gasteiger partial charge in [0, 0.05) is 82.0 Å². The molecule has 0 spiro atoms. The van der Waals surface area contributed by atoms with Gasteiger partial charge in [0.25, 0.3) is 11.8 Å². The number of benzene rings is 3. The second-order valence-electron chi connectivity index (χ2n) is 17.0. The molecule has 9 rings (SSSR count). The molecule has 2 aromatic heterocycles. The summed E-state index contributed by atoms with van der Waals surface area (Å²) in [5.74, 6) is 0.506. The maximum atomic E-state index is 13.3. The topological polar surface area (TPSA) is 189 Å². The van der Waals surface area contributed by atoms with Gasteiger partial charge in [-0.25, -0.2) is 9.97 Å². The molecule has 3 fully saturated rings. The number of piperidine rings is 1. The Kier molecular flexibility index (Phi) is 13.1. The van der Waals surface area contributed by atoms with E-state index in [-0.39, 0.29) is 29.5 Å². The molecule has 1 aliphatic carbocycles. The summed E-state index contributed by atoms with van der Waals surface area (Å²) in [6, 6.07) is 22.9. The first-order valence-electron chi connectivity index (χ1n) is 22.6. The van der Waals surface area contributed by atoms with Crippen LogP contribution >= 0.6 is 0 Å². The number of nitrogens with two attached hydrogens (primary N) is 1. The van der Waals surface area contributed by atoms with Crippen LogP contribution in [0.25, 0.3) is 22.2 Å². The van der Waals surface area contributed by atoms with Crippen LogP contribution in [0.15, 0.2) is 85.3 Å². The molecular formula is C48H56N10O6. The van der Waals surface area contributed by atoms with Crippen LogP contribution in [0.5, 0.6) is 11.5 Å². The zero-order valence-corrected chi connectivity index (χ0v) is 36.0. The summed E-state index contributed by atoms with van der Waals surface area (Å²) >= 11 is 0. The van der Waals surface area contributed by atoms with Crippen molar-refractivity contribution in [2.75, 3.05) is 76.6 Å². The lowest BCUT2D eigenvalue weighted by Gasteiger charge is -2.42. The van der Waals surface area contributed by atoms with Crippen molar-refractivity contribution in [3.05, 3.63) is 96.4 Å². The third kappa shape index (κ3) is 9.30. The van der Waals surface area contributed by atoms with E-state index < -0.39 is 17.9 Å². The van der Waals surface area contributed by atoms with Crippen molar-refractivity contribution in [3.63, 3.8) is 0 Å². The molecule has 16 heteroatoms. The van der Waals surface area contributed by atoms with Gasteiger partial charge in [-0.2, -0.15) is 0 Å². The number of nitrogens with zero attached hydrogens (tertiary/aromatic N) is 6. The van der Waals surface area contributed by atoms with Crippen molar-refractivity contribution in [2.24, 2.45) is 0 Å². The van der Waals surface area contributed by atoms with Crippen molar-refractivity contribution < 1.29 is 28.7 Å². The predicted molar refractivity (Wildman–Crippen MR) is 243 cm³/mol. The molecule has 1 atom stereocenters. The fraction of sp³-hybridized carbons (Fsp3) is 0.417. The fourth-order valence-electron chi connectivity index (χ4n) is 9.66. The number of carbonyl (C=O) groups is 4. The zero-order valence-electron chi connectivity index (χ0n) is 36.0. The number of para-hydroxylation sites is 1. The molecule has 1 saturated carbocycles. The number of rotatable bonds is 16. The number of nitrogens with one attached hydrogen (secondary N) is 3. The van der Waals surface area contributed by atoms with Crippen molar-refractivity contribution in [3.8, 4) is 22.6 Å². The van der Waals surface area contributed by atoms with E-state index in [1.54, 1.807) is 24.5 Å². The van der Waals surface area contributed by atoms with Gasteiger partial charge in [-0.1, -0.05) is 36.4 Å². The molecular weight excluding hydrogens is 813 g/mol. The minimum Gasteiger partial charge on any atom is -0.457 e. The molecule has 3 aliphatic heterocycles. The van der Waals surface area contributed by atoms with E-state index in [1.165, 1.54) is 0 Å². The van der Waals surface area contributed by atoms with Crippen LogP contribution in [0.1, 0.15) is 71.7 Å². The Balaban J connectivity index is 0.666. The Hall–Kier alpha value is -6.36. The molecule has 4 aliphatic rings. The lowest BCUT2D eigenvalue weighted by atomic mass is 9.89. The summed E-state index contributed by atoms with van der Waals surface area (Å²) in [6.45, 7) is 7.10. The molecule has 16 nitrogen and oxygen atoms in total. The number of nitrogen functional groups attached to an aromatic ring is 1. The summed E-state index contributed by atoms with van der Waals surface area (Å²) in [5, 5.41) is 9.54. The van der Waals surface area contributed by atoms with Gasteiger partial charge in [-0.3, -0.25) is 33.9 Å². The summed E-state index contributed by atoms with van der Waals surface area (Å²) in [5.41, 5.74) is 10.3. The number of amides is 4. The number of imide groups is 1. The SMILES string of the molecule is Nc1ncnc2c1c(-c1ccc(Oc3ccccc3)cc1)cn2C1CCC(N2CCN(CCOCCCNC(=O)CNc3cccc4c3C(=O)N(C3CCCNC3=O)C4=O)CC2)CC1. The maximum absolute atomic E-state index is 13.3. The summed E-state index contributed by atoms with van der Waals surface area (Å²) in [7, 11) is 0. The normalized spacial score (nSPS) is 20.6. The summed E-state index contributed by atoms with van der Waals surface area (Å²) < 4.78 is 14.3. The molecule has 334 valence electrons. The van der Waals surface area contributed by atoms with Crippen molar-refractivity contribution in [1.82, 2.24) is 39.9 Å². The van der Waals surface area contributed by atoms with E-state index in [2.05, 4.69) is 53.6 Å². The number of fused-ring (bicyclic) bond motifs is 2. The van der Waals surface area contributed by atoms with Gasteiger partial charge >= 0.3 is 0 Å². The van der Waals surface area contributed by atoms with Crippen LogP contribution in [-0.2, 0) is 14.3 Å². The number of ether oxygens (including phenoxy) is 2. The number of hydrogen-bond donors (Lipinski definition) is 4. The van der Waals surface area contributed by atoms with Crippen LogP contribution in [0.2, 0.25) is 0 Å². The average molecular weight is 869 g/mol. The van der Waals surface area contributed by atoms with Gasteiger partial charge < -0.3 is 35.7 Å². The highest BCUT2D eigenvalue weighted by Gasteiger charge is 2.44. The van der Waals surface area contributed by atoms with E-state index in [0.717, 1.165) is 97.0 Å². The van der Waals surface area contributed by atoms with E-state index in [4.69, 9.17) is 20.2 Å². The molecule has 5 N–H and O–H groups in total. The molecule has 2 saturated heterocycles. The molecule has 64 heavy (non-hydrogen) atoms. The largest absolute Gasteiger partial charge is 0.457 e. The van der Waals surface area contributed by atoms with Gasteiger partial charge in [0.05, 0.1) is 29.7 Å². The number of hydrogen-bond acceptors (Lipinski definition) is 12. The molecule has 3 aromatic carbocycles. The Bertz CT molecular complexity index is 2460. The fourth-order valence-corrected chi connectivity index (χ4v) is 9.66. The lowest BCUT2D eigenvalue weighted by Crippen LogP contribution is -2.52. The van der Waals surface area contributed by atoms with Gasteiger partial charge in [0.1, 0.15) is 35.3 Å². The summed E-state index contributed by atoms with van der Waals surface area (Å²) in [4.78, 5) is 66.7. The van der Waals surface area contributed by atoms with Gasteiger partial charge in [-0.15, -0.1) is 0 Å². The Morgan fingerprint density at radius 1 is 0.812 bits per heavy atom. The molecule has 4 amide bonds. The smallest absolute Gasteiger partial charge is 0.264 e. The zero-order chi connectivity index (χ0) is 44.0. The highest BCUT2D eigenvalue weighted by atomic mass is 16.5. The van der Waals surface area contributed by atoms with E-state index >= 15 is 0 Å². The van der Waals surface area contributed by atoms with Crippen molar-refractivity contribution in [2.45, 2.75) is 63.1 Å². The van der Waals surface area contributed by atoms with Crippen molar-refractivity contribution >= 4 is 46.2 Å². The second-order valence-corrected chi connectivity index (χ2v) is 17.0. The minimum absolute atomic E-state index is 0.0607. The minimum atomic E-state index is -0.822. The van der Waals surface area contributed by atoms with E-state index in [1.807, 2.05) is 42.5 Å². The lowest BCUT2D eigenvalue weighted by molar-refractivity contribution is -0.126. The quantitative estimate of drug-likeness (QED) is 0.0762. The first-order valence-corrected chi connectivity index (χ1v) is 22.6. The average Bonchev–Trinajstić information content (AvgIpc) is 3.84. The summed E-state index contributed by atoms with van der Waals surface area (Å²) in [6.07, 6.45) is 10.00. The monoisotopic (exact) mass is 868 g/mol. The van der Waals surface area contributed by atoms with Crippen LogP contribution in [0.3, 0.4) is 0 Å². The van der Waals surface area contributed by atoms with Gasteiger partial charge in [-0.05, 0) is 86.9 Å². The number of anilines is 2. The van der Waals surface area contributed by atoms with Crippen LogP contribution in [0.4, 0.5) is 11.5 Å². The molecule has 0 bridgehead atoms. The Morgan fingerprint density at radius 3 is 2.36 bits per heavy atom. The third-order valence-corrected chi connectivity index (χ3v) is 13.1. The highest BCUT2D eigenvalue weighted by molar-refractivity contribution is 6.25. The number of carbonyl (C=O) groups excluding carboxylic acids is 4. The first kappa shape index (κ1) is 42.9. The number of aromatic nitrogens is 3. The van der Waals surface area contributed by atoms with Crippen LogP contribution in [-0.4, -0.2) is 131 Å². The molecule has 0 radical (unpaired) electrons. The Morgan fingerprint density at radius 2 is 1.58 bits per heavy atom. The third-order valence-electron chi connectivity index (χ3n) is 13.1. The van der Waals surface area contributed by atoms with Gasteiger partial charge in [0.15, 0.2) is 0 Å². The van der Waals surface area contributed by atoms with Crippen molar-refractivity contribution in [1.29, 1.82) is 0 Å². The second kappa shape index (κ2) is 19.6. The van der Waals surface area contributed by atoms with E-state index in [0.29, 0.717) is 69.2 Å². The van der Waals surface area contributed by atoms with Gasteiger partial charge in [0.2, 0.25) is 11.8 Å². The highest BCUT2D eigenvalue weighted by Crippen LogP contribution is 2.40. The number of piperazine rings is 1. The van der Waals surface area contributed by atoms with E-state index in [9.17, 15) is 19.2 Å². The van der Waals surface area contributed by atoms with Crippen LogP contribution < -0.4 is 26.4 Å². The molecule has 1 unspecified atom stereocenters. The predicted octanol–water partition coefficient (Wildman–Crippen LogP) is 5.08.